The smallest absolute Gasteiger partial charge is 0.343 e. The van der Waals surface area contributed by atoms with E-state index in [4.69, 9.17) is 4.74 Å². The highest BCUT2D eigenvalue weighted by Crippen LogP contribution is 2.34. The van der Waals surface area contributed by atoms with E-state index in [0.717, 1.165) is 16.7 Å². The maximum absolute atomic E-state index is 13.0. The number of hydrogen-bond donors (Lipinski definition) is 0. The molecule has 0 aromatic heterocycles. The molecule has 0 aliphatic carbocycles. The molecule has 0 bridgehead atoms. The molecule has 0 N–H and O–H groups in total. The number of hydrogen-bond acceptors (Lipinski definition) is 6. The van der Waals surface area contributed by atoms with Crippen LogP contribution in [-0.4, -0.2) is 35.7 Å². The van der Waals surface area contributed by atoms with Crippen LogP contribution in [0.5, 0.6) is 5.75 Å². The van der Waals surface area contributed by atoms with Crippen LogP contribution in [0.15, 0.2) is 51.8 Å². The first-order chi connectivity index (χ1) is 13.9. The minimum absolute atomic E-state index is 0.0757. The van der Waals surface area contributed by atoms with E-state index < -0.39 is 11.9 Å². The van der Waals surface area contributed by atoms with Crippen molar-refractivity contribution in [2.45, 2.75) is 6.54 Å². The molecule has 1 aliphatic rings. The number of methoxy groups -OCH3 is 1. The van der Waals surface area contributed by atoms with Crippen LogP contribution in [0.2, 0.25) is 0 Å². The maximum atomic E-state index is 13.0. The highest BCUT2D eigenvalue weighted by Gasteiger charge is 2.35. The number of amides is 2. The van der Waals surface area contributed by atoms with E-state index in [0.29, 0.717) is 21.3 Å². The standard InChI is InChI=1S/C20H15BrFNO5S/c1-27-18(24)11-28-16-7-4-13(8-15(16)21)9-17-19(25)23(20(26)29-17)10-12-2-5-14(22)6-3-12/h2-9H,10-11H2,1H3/b17-9-. The molecule has 9 heteroatoms. The maximum Gasteiger partial charge on any atom is 0.343 e. The second-order valence-electron chi connectivity index (χ2n) is 5.95. The van der Waals surface area contributed by atoms with Crippen molar-refractivity contribution in [3.63, 3.8) is 0 Å². The van der Waals surface area contributed by atoms with E-state index >= 15 is 0 Å². The Hall–Kier alpha value is -2.65. The summed E-state index contributed by atoms with van der Waals surface area (Å²) in [5, 5.41) is -0.386. The van der Waals surface area contributed by atoms with Crippen LogP contribution in [0.4, 0.5) is 9.18 Å². The predicted octanol–water partition coefficient (Wildman–Crippen LogP) is 4.38. The van der Waals surface area contributed by atoms with Crippen LogP contribution in [0.1, 0.15) is 11.1 Å². The Balaban J connectivity index is 1.72. The fraction of sp³-hybridized carbons (Fsp3) is 0.150. The number of ether oxygens (including phenoxy) is 2. The van der Waals surface area contributed by atoms with Gasteiger partial charge >= 0.3 is 5.97 Å². The van der Waals surface area contributed by atoms with Gasteiger partial charge in [0.1, 0.15) is 11.6 Å². The predicted molar refractivity (Wildman–Crippen MR) is 110 cm³/mol. The zero-order valence-corrected chi connectivity index (χ0v) is 17.6. The number of halogens is 2. The molecule has 2 aromatic rings. The van der Waals surface area contributed by atoms with Crippen LogP contribution < -0.4 is 4.74 Å². The average Bonchev–Trinajstić information content (AvgIpc) is 2.96. The van der Waals surface area contributed by atoms with Crippen molar-refractivity contribution in [1.82, 2.24) is 4.90 Å². The molecule has 6 nitrogen and oxygen atoms in total. The third kappa shape index (κ3) is 5.24. The lowest BCUT2D eigenvalue weighted by Gasteiger charge is -2.12. The van der Waals surface area contributed by atoms with Crippen LogP contribution >= 0.6 is 27.7 Å². The summed E-state index contributed by atoms with van der Waals surface area (Å²) in [5.74, 6) is -0.855. The Labute approximate surface area is 178 Å². The van der Waals surface area contributed by atoms with Crippen molar-refractivity contribution in [3.8, 4) is 5.75 Å². The van der Waals surface area contributed by atoms with Gasteiger partial charge in [0.05, 0.1) is 23.0 Å². The lowest BCUT2D eigenvalue weighted by molar-refractivity contribution is -0.142. The summed E-state index contributed by atoms with van der Waals surface area (Å²) >= 11 is 4.19. The van der Waals surface area contributed by atoms with Crippen LogP contribution in [-0.2, 0) is 20.9 Å². The Morgan fingerprint density at radius 1 is 1.21 bits per heavy atom. The normalized spacial score (nSPS) is 15.1. The number of benzene rings is 2. The van der Waals surface area contributed by atoms with E-state index in [1.165, 1.54) is 31.4 Å². The lowest BCUT2D eigenvalue weighted by Crippen LogP contribution is -2.27. The molecular weight excluding hydrogens is 465 g/mol. The monoisotopic (exact) mass is 479 g/mol. The van der Waals surface area contributed by atoms with E-state index in [9.17, 15) is 18.8 Å². The first kappa shape index (κ1) is 21.1. The zero-order valence-electron chi connectivity index (χ0n) is 15.2. The molecule has 2 amide bonds. The van der Waals surface area contributed by atoms with E-state index in [-0.39, 0.29) is 29.1 Å². The van der Waals surface area contributed by atoms with Crippen molar-refractivity contribution >= 4 is 50.9 Å². The summed E-state index contributed by atoms with van der Waals surface area (Å²) in [4.78, 5) is 37.4. The minimum Gasteiger partial charge on any atom is -0.481 e. The van der Waals surface area contributed by atoms with E-state index in [1.807, 2.05) is 0 Å². The fourth-order valence-corrected chi connectivity index (χ4v) is 3.83. The number of esters is 1. The summed E-state index contributed by atoms with van der Waals surface area (Å²) in [7, 11) is 1.27. The molecular formula is C20H15BrFNO5S. The molecule has 1 heterocycles. The molecule has 0 radical (unpaired) electrons. The quantitative estimate of drug-likeness (QED) is 0.452. The lowest BCUT2D eigenvalue weighted by atomic mass is 10.2. The average molecular weight is 480 g/mol. The van der Waals surface area contributed by atoms with Crippen molar-refractivity contribution in [2.75, 3.05) is 13.7 Å². The molecule has 3 rings (SSSR count). The number of carbonyl (C=O) groups is 3. The molecule has 0 spiro atoms. The largest absolute Gasteiger partial charge is 0.481 e. The Kier molecular flexibility index (Phi) is 6.71. The SMILES string of the molecule is COC(=O)COc1ccc(/C=C2\SC(=O)N(Cc3ccc(F)cc3)C2=O)cc1Br. The molecule has 1 aliphatic heterocycles. The zero-order chi connectivity index (χ0) is 21.0. The topological polar surface area (TPSA) is 72.9 Å². The molecule has 1 saturated heterocycles. The van der Waals surface area contributed by atoms with Crippen LogP contribution in [0.25, 0.3) is 6.08 Å². The van der Waals surface area contributed by atoms with Gasteiger partial charge in [-0.25, -0.2) is 9.18 Å². The van der Waals surface area contributed by atoms with Gasteiger partial charge in [-0.2, -0.15) is 0 Å². The van der Waals surface area contributed by atoms with E-state index in [1.54, 1.807) is 24.3 Å². The molecule has 0 unspecified atom stereocenters. The summed E-state index contributed by atoms with van der Waals surface area (Å²) in [6.07, 6.45) is 1.60. The minimum atomic E-state index is -0.504. The molecule has 2 aromatic carbocycles. The van der Waals surface area contributed by atoms with Crippen molar-refractivity contribution in [2.24, 2.45) is 0 Å². The number of carbonyl (C=O) groups excluding carboxylic acids is 3. The molecule has 0 atom stereocenters. The van der Waals surface area contributed by atoms with Gasteiger partial charge < -0.3 is 9.47 Å². The van der Waals surface area contributed by atoms with Gasteiger partial charge in [-0.05, 0) is 69.2 Å². The summed E-state index contributed by atoms with van der Waals surface area (Å²) in [5.41, 5.74) is 1.33. The number of thioether (sulfide) groups is 1. The molecule has 29 heavy (non-hydrogen) atoms. The number of imide groups is 1. The van der Waals surface area contributed by atoms with Crippen LogP contribution in [0.3, 0.4) is 0 Å². The second-order valence-corrected chi connectivity index (χ2v) is 7.80. The van der Waals surface area contributed by atoms with Crippen LogP contribution in [0, 0.1) is 5.82 Å². The van der Waals surface area contributed by atoms with Gasteiger partial charge in [0.25, 0.3) is 11.1 Å². The molecule has 150 valence electrons. The third-order valence-electron chi connectivity index (χ3n) is 3.95. The Morgan fingerprint density at radius 2 is 1.93 bits per heavy atom. The van der Waals surface area contributed by atoms with Gasteiger partial charge in [0.15, 0.2) is 6.61 Å². The highest BCUT2D eigenvalue weighted by atomic mass is 79.9. The number of nitrogens with zero attached hydrogens (tertiary/aromatic N) is 1. The van der Waals surface area contributed by atoms with Gasteiger partial charge in [-0.1, -0.05) is 18.2 Å². The van der Waals surface area contributed by atoms with Crippen molar-refractivity contribution in [1.29, 1.82) is 0 Å². The fourth-order valence-electron chi connectivity index (χ4n) is 2.48. The first-order valence-electron chi connectivity index (χ1n) is 8.36. The Morgan fingerprint density at radius 3 is 2.59 bits per heavy atom. The second kappa shape index (κ2) is 9.23. The van der Waals surface area contributed by atoms with Gasteiger partial charge in [-0.3, -0.25) is 14.5 Å². The van der Waals surface area contributed by atoms with Gasteiger partial charge in [0.2, 0.25) is 0 Å². The summed E-state index contributed by atoms with van der Waals surface area (Å²) in [6.45, 7) is -0.150. The molecule has 1 fully saturated rings. The Bertz CT molecular complexity index is 993. The first-order valence-corrected chi connectivity index (χ1v) is 9.97. The highest BCUT2D eigenvalue weighted by molar-refractivity contribution is 9.10. The molecule has 0 saturated carbocycles. The van der Waals surface area contributed by atoms with Gasteiger partial charge in [0, 0.05) is 0 Å². The van der Waals surface area contributed by atoms with Gasteiger partial charge in [-0.15, -0.1) is 0 Å². The number of rotatable bonds is 6. The van der Waals surface area contributed by atoms with Crippen molar-refractivity contribution in [3.05, 3.63) is 68.8 Å². The van der Waals surface area contributed by atoms with Crippen molar-refractivity contribution < 1.29 is 28.2 Å². The summed E-state index contributed by atoms with van der Waals surface area (Å²) in [6, 6.07) is 10.7. The third-order valence-corrected chi connectivity index (χ3v) is 5.48. The van der Waals surface area contributed by atoms with E-state index in [2.05, 4.69) is 20.7 Å². The summed E-state index contributed by atoms with van der Waals surface area (Å²) < 4.78 is 23.5.